The molecule has 1 unspecified atom stereocenters. The normalized spacial score (nSPS) is 17.5. The minimum absolute atomic E-state index is 0.552. The molecule has 0 spiro atoms. The van der Waals surface area contributed by atoms with Gasteiger partial charge in [0.2, 0.25) is 0 Å². The van der Waals surface area contributed by atoms with Crippen LogP contribution in [0.1, 0.15) is 17.0 Å². The van der Waals surface area contributed by atoms with Crippen molar-refractivity contribution in [3.8, 4) is 0 Å². The van der Waals surface area contributed by atoms with Crippen LogP contribution in [0.5, 0.6) is 0 Å². The molecule has 1 heteroatoms. The van der Waals surface area contributed by atoms with E-state index >= 15 is 0 Å². The Balaban J connectivity index is 1.78. The summed E-state index contributed by atoms with van der Waals surface area (Å²) >= 11 is 0. The Morgan fingerprint density at radius 3 is 2.60 bits per heavy atom. The number of para-hydroxylation sites is 1. The van der Waals surface area contributed by atoms with Crippen molar-refractivity contribution < 1.29 is 0 Å². The highest BCUT2D eigenvalue weighted by molar-refractivity contribution is 5.86. The zero-order chi connectivity index (χ0) is 13.4. The van der Waals surface area contributed by atoms with Crippen LogP contribution in [0.15, 0.2) is 66.7 Å². The van der Waals surface area contributed by atoms with Gasteiger partial charge in [0.25, 0.3) is 0 Å². The summed E-state index contributed by atoms with van der Waals surface area (Å²) in [5.74, 6) is 0.552. The van der Waals surface area contributed by atoms with E-state index in [2.05, 4.69) is 72.0 Å². The SMILES string of the molecule is c1ccc2c(c1)CC(c1cccc3ccccc13)CN2. The maximum Gasteiger partial charge on any atom is 0.0373 e. The molecule has 1 heterocycles. The minimum atomic E-state index is 0.552. The number of hydrogen-bond donors (Lipinski definition) is 1. The molecule has 20 heavy (non-hydrogen) atoms. The lowest BCUT2D eigenvalue weighted by atomic mass is 9.86. The number of rotatable bonds is 1. The summed E-state index contributed by atoms with van der Waals surface area (Å²) in [6.45, 7) is 1.02. The molecule has 0 saturated carbocycles. The number of hydrogen-bond acceptors (Lipinski definition) is 1. The van der Waals surface area contributed by atoms with Crippen LogP contribution >= 0.6 is 0 Å². The lowest BCUT2D eigenvalue weighted by molar-refractivity contribution is 0.700. The average Bonchev–Trinajstić information content (AvgIpc) is 2.54. The molecule has 0 radical (unpaired) electrons. The van der Waals surface area contributed by atoms with Crippen LogP contribution in [0.25, 0.3) is 10.8 Å². The van der Waals surface area contributed by atoms with Crippen LogP contribution in [0.2, 0.25) is 0 Å². The van der Waals surface area contributed by atoms with Gasteiger partial charge < -0.3 is 5.32 Å². The molecule has 4 rings (SSSR count). The van der Waals surface area contributed by atoms with Gasteiger partial charge in [-0.1, -0.05) is 60.7 Å². The molecule has 1 aliphatic heterocycles. The zero-order valence-electron chi connectivity index (χ0n) is 11.3. The van der Waals surface area contributed by atoms with E-state index < -0.39 is 0 Å². The first-order chi connectivity index (χ1) is 9.92. The molecule has 0 amide bonds. The summed E-state index contributed by atoms with van der Waals surface area (Å²) in [5.41, 5.74) is 4.19. The van der Waals surface area contributed by atoms with Crippen LogP contribution in [0.4, 0.5) is 5.69 Å². The van der Waals surface area contributed by atoms with E-state index in [-0.39, 0.29) is 0 Å². The second-order valence-corrected chi connectivity index (χ2v) is 5.51. The highest BCUT2D eigenvalue weighted by Gasteiger charge is 2.20. The first-order valence-corrected chi connectivity index (χ1v) is 7.21. The van der Waals surface area contributed by atoms with Gasteiger partial charge in [-0.05, 0) is 34.4 Å². The van der Waals surface area contributed by atoms with E-state index in [0.29, 0.717) is 5.92 Å². The van der Waals surface area contributed by atoms with E-state index in [1.165, 1.54) is 27.6 Å². The second-order valence-electron chi connectivity index (χ2n) is 5.51. The van der Waals surface area contributed by atoms with Crippen molar-refractivity contribution in [2.24, 2.45) is 0 Å². The van der Waals surface area contributed by atoms with E-state index in [1.54, 1.807) is 0 Å². The molecule has 1 nitrogen and oxygen atoms in total. The molecular formula is C19H17N. The summed E-state index contributed by atoms with van der Waals surface area (Å²) in [4.78, 5) is 0. The van der Waals surface area contributed by atoms with Gasteiger partial charge in [0.1, 0.15) is 0 Å². The monoisotopic (exact) mass is 259 g/mol. The number of benzene rings is 3. The standard InChI is InChI=1S/C19H17N/c1-3-9-17-14(6-1)8-5-10-18(17)16-12-15-7-2-4-11-19(15)20-13-16/h1-11,16,20H,12-13H2. The third-order valence-corrected chi connectivity index (χ3v) is 4.29. The van der Waals surface area contributed by atoms with Gasteiger partial charge in [-0.15, -0.1) is 0 Å². The Hall–Kier alpha value is -2.28. The lowest BCUT2D eigenvalue weighted by Gasteiger charge is -2.27. The minimum Gasteiger partial charge on any atom is -0.384 e. The van der Waals surface area contributed by atoms with Crippen molar-refractivity contribution in [1.29, 1.82) is 0 Å². The van der Waals surface area contributed by atoms with E-state index in [9.17, 15) is 0 Å². The molecule has 1 aliphatic rings. The molecule has 0 aromatic heterocycles. The Morgan fingerprint density at radius 2 is 1.60 bits per heavy atom. The molecule has 98 valence electrons. The van der Waals surface area contributed by atoms with Crippen LogP contribution in [0.3, 0.4) is 0 Å². The molecule has 0 aliphatic carbocycles. The van der Waals surface area contributed by atoms with E-state index in [0.717, 1.165) is 13.0 Å². The fourth-order valence-electron chi connectivity index (χ4n) is 3.27. The summed E-state index contributed by atoms with van der Waals surface area (Å²) in [7, 11) is 0. The van der Waals surface area contributed by atoms with Gasteiger partial charge in [-0.2, -0.15) is 0 Å². The fourth-order valence-corrected chi connectivity index (χ4v) is 3.27. The van der Waals surface area contributed by atoms with Crippen molar-refractivity contribution in [2.75, 3.05) is 11.9 Å². The van der Waals surface area contributed by atoms with Gasteiger partial charge in [-0.25, -0.2) is 0 Å². The Labute approximate surface area is 119 Å². The maximum absolute atomic E-state index is 3.58. The highest BCUT2D eigenvalue weighted by atomic mass is 14.9. The fraction of sp³-hybridized carbons (Fsp3) is 0.158. The Bertz CT molecular complexity index is 755. The number of anilines is 1. The van der Waals surface area contributed by atoms with Crippen molar-refractivity contribution in [3.05, 3.63) is 77.9 Å². The van der Waals surface area contributed by atoms with Gasteiger partial charge in [0.05, 0.1) is 0 Å². The first kappa shape index (κ1) is 11.5. The molecule has 0 fully saturated rings. The topological polar surface area (TPSA) is 12.0 Å². The van der Waals surface area contributed by atoms with Crippen molar-refractivity contribution in [1.82, 2.24) is 0 Å². The Morgan fingerprint density at radius 1 is 0.800 bits per heavy atom. The second kappa shape index (κ2) is 4.68. The first-order valence-electron chi connectivity index (χ1n) is 7.21. The van der Waals surface area contributed by atoms with Gasteiger partial charge in [0.15, 0.2) is 0 Å². The zero-order valence-corrected chi connectivity index (χ0v) is 11.3. The predicted octanol–water partition coefficient (Wildman–Crippen LogP) is 4.59. The average molecular weight is 259 g/mol. The van der Waals surface area contributed by atoms with E-state index in [4.69, 9.17) is 0 Å². The van der Waals surface area contributed by atoms with Gasteiger partial charge in [-0.3, -0.25) is 0 Å². The predicted molar refractivity (Wildman–Crippen MR) is 85.3 cm³/mol. The Kier molecular flexibility index (Phi) is 2.70. The van der Waals surface area contributed by atoms with Crippen LogP contribution in [0, 0.1) is 0 Å². The van der Waals surface area contributed by atoms with Crippen molar-refractivity contribution >= 4 is 16.5 Å². The lowest BCUT2D eigenvalue weighted by Crippen LogP contribution is -2.21. The summed E-state index contributed by atoms with van der Waals surface area (Å²) in [6, 6.07) is 24.0. The quantitative estimate of drug-likeness (QED) is 0.674. The van der Waals surface area contributed by atoms with E-state index in [1.807, 2.05) is 0 Å². The largest absolute Gasteiger partial charge is 0.384 e. The van der Waals surface area contributed by atoms with Gasteiger partial charge >= 0.3 is 0 Å². The third-order valence-electron chi connectivity index (χ3n) is 4.29. The van der Waals surface area contributed by atoms with Gasteiger partial charge in [0, 0.05) is 18.2 Å². The van der Waals surface area contributed by atoms with Crippen LogP contribution in [-0.2, 0) is 6.42 Å². The molecule has 3 aromatic rings. The molecule has 0 bridgehead atoms. The third kappa shape index (κ3) is 1.87. The highest BCUT2D eigenvalue weighted by Crippen LogP contribution is 2.33. The maximum atomic E-state index is 3.58. The summed E-state index contributed by atoms with van der Waals surface area (Å²) in [6.07, 6.45) is 1.12. The summed E-state index contributed by atoms with van der Waals surface area (Å²) in [5, 5.41) is 6.30. The smallest absolute Gasteiger partial charge is 0.0373 e. The van der Waals surface area contributed by atoms with Crippen LogP contribution in [-0.4, -0.2) is 6.54 Å². The number of fused-ring (bicyclic) bond motifs is 2. The molecule has 1 atom stereocenters. The number of nitrogens with one attached hydrogen (secondary N) is 1. The molecule has 1 N–H and O–H groups in total. The van der Waals surface area contributed by atoms with Crippen molar-refractivity contribution in [2.45, 2.75) is 12.3 Å². The molecule has 0 saturated heterocycles. The summed E-state index contributed by atoms with van der Waals surface area (Å²) < 4.78 is 0. The molecular weight excluding hydrogens is 242 g/mol. The van der Waals surface area contributed by atoms with Crippen LogP contribution < -0.4 is 5.32 Å². The molecule has 3 aromatic carbocycles. The van der Waals surface area contributed by atoms with Crippen molar-refractivity contribution in [3.63, 3.8) is 0 Å².